The molecule has 0 aromatic rings. The quantitative estimate of drug-likeness (QED) is 0.828. The third-order valence-electron chi connectivity index (χ3n) is 3.48. The summed E-state index contributed by atoms with van der Waals surface area (Å²) in [5.41, 5.74) is 0. The van der Waals surface area contributed by atoms with E-state index < -0.39 is 0 Å². The number of carbonyl (C=O) groups excluding carboxylic acids is 2. The van der Waals surface area contributed by atoms with Crippen LogP contribution in [0.5, 0.6) is 0 Å². The van der Waals surface area contributed by atoms with Crippen molar-refractivity contribution in [3.8, 4) is 0 Å². The zero-order chi connectivity index (χ0) is 13.9. The fraction of sp³-hybridized carbons (Fsp3) is 0.846. The normalized spacial score (nSPS) is 25.3. The van der Waals surface area contributed by atoms with E-state index in [9.17, 15) is 9.59 Å². The lowest BCUT2D eigenvalue weighted by atomic mass is 10.0. The van der Waals surface area contributed by atoms with Gasteiger partial charge in [-0.25, -0.2) is 0 Å². The van der Waals surface area contributed by atoms with Gasteiger partial charge in [0.2, 0.25) is 11.8 Å². The van der Waals surface area contributed by atoms with Crippen LogP contribution in [0.2, 0.25) is 0 Å². The summed E-state index contributed by atoms with van der Waals surface area (Å²) in [6, 6.07) is -0.662. The number of nitrogens with one attached hydrogen (secondary N) is 1. The van der Waals surface area contributed by atoms with E-state index >= 15 is 0 Å². The molecule has 1 aliphatic heterocycles. The van der Waals surface area contributed by atoms with E-state index in [4.69, 9.17) is 0 Å². The van der Waals surface area contributed by atoms with Crippen molar-refractivity contribution >= 4 is 23.6 Å². The Bertz CT molecular complexity index is 331. The third kappa shape index (κ3) is 3.19. The maximum atomic E-state index is 12.4. The molecule has 2 unspecified atom stereocenters. The summed E-state index contributed by atoms with van der Waals surface area (Å²) in [6.45, 7) is 8.70. The van der Waals surface area contributed by atoms with E-state index in [1.165, 1.54) is 0 Å². The van der Waals surface area contributed by atoms with E-state index in [1.54, 1.807) is 16.7 Å². The van der Waals surface area contributed by atoms with Gasteiger partial charge in [0.15, 0.2) is 0 Å². The number of thioether (sulfide) groups is 1. The van der Waals surface area contributed by atoms with Crippen LogP contribution in [-0.2, 0) is 9.59 Å². The lowest BCUT2D eigenvalue weighted by Crippen LogP contribution is -2.64. The van der Waals surface area contributed by atoms with Gasteiger partial charge in [-0.3, -0.25) is 9.59 Å². The predicted octanol–water partition coefficient (Wildman–Crippen LogP) is 1.64. The van der Waals surface area contributed by atoms with Gasteiger partial charge < -0.3 is 10.2 Å². The molecule has 0 spiro atoms. The van der Waals surface area contributed by atoms with Crippen LogP contribution in [0.3, 0.4) is 0 Å². The van der Waals surface area contributed by atoms with Crippen molar-refractivity contribution in [2.45, 2.75) is 57.4 Å². The van der Waals surface area contributed by atoms with Gasteiger partial charge >= 0.3 is 0 Å². The Balaban J connectivity index is 2.93. The Labute approximate surface area is 114 Å². The lowest BCUT2D eigenvalue weighted by molar-refractivity contribution is -0.149. The zero-order valence-corrected chi connectivity index (χ0v) is 12.8. The second kappa shape index (κ2) is 5.95. The molecule has 2 amide bonds. The topological polar surface area (TPSA) is 49.4 Å². The van der Waals surface area contributed by atoms with Crippen molar-refractivity contribution in [1.82, 2.24) is 10.2 Å². The summed E-state index contributed by atoms with van der Waals surface area (Å²) in [5, 5.41) is 2.81. The molecule has 0 saturated carbocycles. The van der Waals surface area contributed by atoms with E-state index in [1.807, 2.05) is 20.1 Å². The van der Waals surface area contributed by atoms with Gasteiger partial charge in [0, 0.05) is 11.3 Å². The number of nitrogens with zero attached hydrogens (tertiary/aromatic N) is 1. The number of rotatable bonds is 5. The molecule has 0 aromatic carbocycles. The van der Waals surface area contributed by atoms with Crippen LogP contribution in [0.4, 0.5) is 0 Å². The van der Waals surface area contributed by atoms with Crippen LogP contribution in [0.15, 0.2) is 0 Å². The summed E-state index contributed by atoms with van der Waals surface area (Å²) >= 11 is 1.72. The molecule has 0 aromatic heterocycles. The predicted molar refractivity (Wildman–Crippen MR) is 75.6 cm³/mol. The van der Waals surface area contributed by atoms with Gasteiger partial charge in [0.1, 0.15) is 12.1 Å². The first-order chi connectivity index (χ1) is 8.36. The maximum Gasteiger partial charge on any atom is 0.245 e. The molecule has 104 valence electrons. The van der Waals surface area contributed by atoms with Gasteiger partial charge in [-0.05, 0) is 32.9 Å². The van der Waals surface area contributed by atoms with E-state index in [2.05, 4.69) is 19.2 Å². The van der Waals surface area contributed by atoms with Crippen LogP contribution >= 0.6 is 11.8 Å². The number of carbonyl (C=O) groups is 2. The summed E-state index contributed by atoms with van der Waals surface area (Å²) in [5.74, 6) is 0.0481. The summed E-state index contributed by atoms with van der Waals surface area (Å²) < 4.78 is -0.0288. The molecule has 0 bridgehead atoms. The molecule has 0 aliphatic carbocycles. The average molecular weight is 272 g/mol. The van der Waals surface area contributed by atoms with Gasteiger partial charge in [-0.15, -0.1) is 0 Å². The fourth-order valence-electron chi connectivity index (χ4n) is 2.17. The van der Waals surface area contributed by atoms with Crippen LogP contribution < -0.4 is 5.32 Å². The Morgan fingerprint density at radius 1 is 1.28 bits per heavy atom. The number of hydrogen-bond acceptors (Lipinski definition) is 3. The highest BCUT2D eigenvalue weighted by atomic mass is 32.2. The van der Waals surface area contributed by atoms with Crippen LogP contribution in [0.1, 0.15) is 40.5 Å². The standard InChI is InChI=1S/C13H24N2O2S/c1-6-9-12(17)15(8-13(3,4)18-5)10(7-2)11(16)14-9/h9-10H,6-8H2,1-5H3,(H,14,16). The minimum atomic E-state index is -0.349. The van der Waals surface area contributed by atoms with E-state index in [0.717, 1.165) is 0 Å². The molecule has 1 heterocycles. The summed E-state index contributed by atoms with van der Waals surface area (Å²) in [4.78, 5) is 26.1. The highest BCUT2D eigenvalue weighted by molar-refractivity contribution is 7.99. The molecule has 1 saturated heterocycles. The lowest BCUT2D eigenvalue weighted by Gasteiger charge is -2.41. The van der Waals surface area contributed by atoms with Crippen molar-refractivity contribution < 1.29 is 9.59 Å². The first-order valence-corrected chi connectivity index (χ1v) is 7.74. The van der Waals surface area contributed by atoms with Crippen LogP contribution in [0.25, 0.3) is 0 Å². The van der Waals surface area contributed by atoms with Crippen LogP contribution in [-0.4, -0.2) is 46.3 Å². The number of hydrogen-bond donors (Lipinski definition) is 1. The second-order valence-corrected chi connectivity index (χ2v) is 6.84. The molecule has 1 fully saturated rings. The molecule has 5 heteroatoms. The van der Waals surface area contributed by atoms with E-state index in [0.29, 0.717) is 19.4 Å². The Morgan fingerprint density at radius 2 is 1.89 bits per heavy atom. The Hall–Kier alpha value is -0.710. The molecular formula is C13H24N2O2S. The van der Waals surface area contributed by atoms with Crippen molar-refractivity contribution in [2.24, 2.45) is 0 Å². The summed E-state index contributed by atoms with van der Waals surface area (Å²) in [6.07, 6.45) is 3.35. The van der Waals surface area contributed by atoms with Crippen molar-refractivity contribution in [1.29, 1.82) is 0 Å². The Kier molecular flexibility index (Phi) is 5.08. The molecular weight excluding hydrogens is 248 g/mol. The first kappa shape index (κ1) is 15.3. The number of piperazine rings is 1. The monoisotopic (exact) mass is 272 g/mol. The minimum absolute atomic E-state index is 0.0131. The largest absolute Gasteiger partial charge is 0.343 e. The molecule has 1 rings (SSSR count). The van der Waals surface area contributed by atoms with Crippen molar-refractivity contribution in [2.75, 3.05) is 12.8 Å². The molecule has 0 radical (unpaired) electrons. The minimum Gasteiger partial charge on any atom is -0.343 e. The van der Waals surface area contributed by atoms with Crippen LogP contribution in [0, 0.1) is 0 Å². The fourth-order valence-corrected chi connectivity index (χ4v) is 2.44. The molecule has 1 N–H and O–H groups in total. The second-order valence-electron chi connectivity index (χ2n) is 5.32. The molecule has 4 nitrogen and oxygen atoms in total. The average Bonchev–Trinajstić information content (AvgIpc) is 2.33. The van der Waals surface area contributed by atoms with Gasteiger partial charge in [0.25, 0.3) is 0 Å². The van der Waals surface area contributed by atoms with Crippen molar-refractivity contribution in [3.05, 3.63) is 0 Å². The zero-order valence-electron chi connectivity index (χ0n) is 11.9. The third-order valence-corrected chi connectivity index (χ3v) is 4.71. The summed E-state index contributed by atoms with van der Waals surface area (Å²) in [7, 11) is 0. The molecule has 1 aliphatic rings. The SMILES string of the molecule is CCC1NC(=O)C(CC)N(CC(C)(C)SC)C1=O. The van der Waals surface area contributed by atoms with Crippen molar-refractivity contribution in [3.63, 3.8) is 0 Å². The maximum absolute atomic E-state index is 12.4. The smallest absolute Gasteiger partial charge is 0.245 e. The Morgan fingerprint density at radius 3 is 2.33 bits per heavy atom. The first-order valence-electron chi connectivity index (χ1n) is 6.52. The molecule has 2 atom stereocenters. The molecule has 18 heavy (non-hydrogen) atoms. The highest BCUT2D eigenvalue weighted by Crippen LogP contribution is 2.26. The van der Waals surface area contributed by atoms with Gasteiger partial charge in [-0.1, -0.05) is 13.8 Å². The van der Waals surface area contributed by atoms with E-state index in [-0.39, 0.29) is 28.6 Å². The van der Waals surface area contributed by atoms with Gasteiger partial charge in [0.05, 0.1) is 0 Å². The highest BCUT2D eigenvalue weighted by Gasteiger charge is 2.40. The number of amides is 2. The van der Waals surface area contributed by atoms with Gasteiger partial charge in [-0.2, -0.15) is 11.8 Å².